The second-order valence-electron chi connectivity index (χ2n) is 5.74. The van der Waals surface area contributed by atoms with Crippen molar-refractivity contribution in [3.05, 3.63) is 17.7 Å². The van der Waals surface area contributed by atoms with Gasteiger partial charge in [0.05, 0.1) is 19.8 Å². The molecule has 4 rings (SSSR count). The molecular weight excluding hydrogens is 360 g/mol. The molecule has 3 aromatic rings. The van der Waals surface area contributed by atoms with Gasteiger partial charge in [0.15, 0.2) is 16.6 Å². The Bertz CT molecular complexity index is 941. The van der Waals surface area contributed by atoms with Crippen molar-refractivity contribution >= 4 is 22.8 Å². The molecule has 3 aromatic heterocycles. The second-order valence-corrected chi connectivity index (χ2v) is 6.10. The predicted octanol–water partition coefficient (Wildman–Crippen LogP) is 2.65. The van der Waals surface area contributed by atoms with E-state index < -0.39 is 0 Å². The van der Waals surface area contributed by atoms with Crippen LogP contribution < -0.4 is 9.47 Å². The molecule has 0 N–H and O–H groups in total. The van der Waals surface area contributed by atoms with E-state index >= 15 is 0 Å². The Morgan fingerprint density at radius 1 is 1.15 bits per heavy atom. The number of aromatic nitrogens is 6. The van der Waals surface area contributed by atoms with E-state index in [0.29, 0.717) is 35.0 Å². The van der Waals surface area contributed by atoms with Gasteiger partial charge in [0.1, 0.15) is 18.1 Å². The van der Waals surface area contributed by atoms with Crippen molar-refractivity contribution in [1.29, 1.82) is 0 Å². The molecule has 1 aliphatic heterocycles. The summed E-state index contributed by atoms with van der Waals surface area (Å²) < 4.78 is 18.4. The molecule has 1 unspecified atom stereocenters. The average molecular weight is 377 g/mol. The van der Waals surface area contributed by atoms with Crippen LogP contribution in [0.15, 0.2) is 12.5 Å². The van der Waals surface area contributed by atoms with Crippen LogP contribution in [0.3, 0.4) is 0 Å². The summed E-state index contributed by atoms with van der Waals surface area (Å²) in [7, 11) is 3.02. The van der Waals surface area contributed by atoms with Crippen molar-refractivity contribution in [3.8, 4) is 23.3 Å². The number of halogens is 1. The van der Waals surface area contributed by atoms with E-state index in [-0.39, 0.29) is 17.4 Å². The molecule has 0 aromatic carbocycles. The van der Waals surface area contributed by atoms with E-state index in [1.807, 2.05) is 4.57 Å². The molecule has 0 spiro atoms. The zero-order valence-electron chi connectivity index (χ0n) is 14.3. The lowest BCUT2D eigenvalue weighted by atomic mass is 10.2. The van der Waals surface area contributed by atoms with Crippen LogP contribution in [0.5, 0.6) is 11.9 Å². The molecule has 136 valence electrons. The SMILES string of the molecule is COc1ncc(-c2nc3c(Cl)ncnc3n2C2CCCCO2)c(OC)n1. The monoisotopic (exact) mass is 376 g/mol. The summed E-state index contributed by atoms with van der Waals surface area (Å²) in [6, 6.07) is 0.208. The van der Waals surface area contributed by atoms with Crippen molar-refractivity contribution in [2.45, 2.75) is 25.5 Å². The van der Waals surface area contributed by atoms with Gasteiger partial charge >= 0.3 is 6.01 Å². The topological polar surface area (TPSA) is 97.1 Å². The molecule has 4 heterocycles. The van der Waals surface area contributed by atoms with Crippen molar-refractivity contribution in [2.75, 3.05) is 20.8 Å². The first-order chi connectivity index (χ1) is 12.7. The highest BCUT2D eigenvalue weighted by atomic mass is 35.5. The second kappa shape index (κ2) is 7.00. The fourth-order valence-corrected chi connectivity index (χ4v) is 3.20. The highest BCUT2D eigenvalue weighted by molar-refractivity contribution is 6.33. The third-order valence-corrected chi connectivity index (χ3v) is 4.50. The van der Waals surface area contributed by atoms with Crippen LogP contribution in [0.4, 0.5) is 0 Å². The van der Waals surface area contributed by atoms with E-state index in [0.717, 1.165) is 19.3 Å². The molecule has 0 radical (unpaired) electrons. The van der Waals surface area contributed by atoms with E-state index in [9.17, 15) is 0 Å². The van der Waals surface area contributed by atoms with Gasteiger partial charge in [-0.25, -0.2) is 19.9 Å². The first kappa shape index (κ1) is 16.9. The maximum Gasteiger partial charge on any atom is 0.319 e. The van der Waals surface area contributed by atoms with Crippen molar-refractivity contribution in [1.82, 2.24) is 29.5 Å². The van der Waals surface area contributed by atoms with E-state index in [1.165, 1.54) is 20.5 Å². The van der Waals surface area contributed by atoms with Gasteiger partial charge in [-0.3, -0.25) is 4.57 Å². The molecule has 1 fully saturated rings. The van der Waals surface area contributed by atoms with Crippen molar-refractivity contribution < 1.29 is 14.2 Å². The smallest absolute Gasteiger partial charge is 0.319 e. The molecule has 0 bridgehead atoms. The van der Waals surface area contributed by atoms with Gasteiger partial charge in [-0.15, -0.1) is 0 Å². The van der Waals surface area contributed by atoms with Gasteiger partial charge in [-0.1, -0.05) is 11.6 Å². The van der Waals surface area contributed by atoms with Crippen LogP contribution >= 0.6 is 11.6 Å². The Labute approximate surface area is 154 Å². The van der Waals surface area contributed by atoms with Gasteiger partial charge < -0.3 is 14.2 Å². The quantitative estimate of drug-likeness (QED) is 0.641. The normalized spacial score (nSPS) is 17.4. The van der Waals surface area contributed by atoms with Crippen LogP contribution in [0, 0.1) is 0 Å². The summed E-state index contributed by atoms with van der Waals surface area (Å²) in [6.07, 6.45) is 5.74. The molecule has 10 heteroatoms. The summed E-state index contributed by atoms with van der Waals surface area (Å²) in [5.41, 5.74) is 1.69. The number of ether oxygens (including phenoxy) is 3. The maximum absolute atomic E-state index is 6.24. The number of hydrogen-bond donors (Lipinski definition) is 0. The Balaban J connectivity index is 1.96. The molecular formula is C16H17ClN6O3. The lowest BCUT2D eigenvalue weighted by Crippen LogP contribution is -2.19. The molecule has 0 amide bonds. The first-order valence-electron chi connectivity index (χ1n) is 8.18. The molecule has 26 heavy (non-hydrogen) atoms. The van der Waals surface area contributed by atoms with Gasteiger partial charge in [-0.05, 0) is 19.3 Å². The highest BCUT2D eigenvalue weighted by Gasteiger charge is 2.27. The van der Waals surface area contributed by atoms with E-state index in [2.05, 4.69) is 24.9 Å². The lowest BCUT2D eigenvalue weighted by molar-refractivity contribution is -0.0287. The van der Waals surface area contributed by atoms with Crippen LogP contribution in [-0.2, 0) is 4.74 Å². The van der Waals surface area contributed by atoms with Crippen LogP contribution in [0.2, 0.25) is 5.15 Å². The third-order valence-electron chi connectivity index (χ3n) is 4.22. The number of imidazole rings is 1. The highest BCUT2D eigenvalue weighted by Crippen LogP contribution is 2.36. The number of methoxy groups -OCH3 is 2. The average Bonchev–Trinajstić information content (AvgIpc) is 3.08. The minimum absolute atomic E-state index is 0.207. The number of fused-ring (bicyclic) bond motifs is 1. The predicted molar refractivity (Wildman–Crippen MR) is 93.3 cm³/mol. The number of nitrogens with zero attached hydrogens (tertiary/aromatic N) is 6. The summed E-state index contributed by atoms with van der Waals surface area (Å²) in [6.45, 7) is 0.679. The zero-order chi connectivity index (χ0) is 18.1. The summed E-state index contributed by atoms with van der Waals surface area (Å²) in [5, 5.41) is 0.277. The van der Waals surface area contributed by atoms with Gasteiger partial charge in [-0.2, -0.15) is 4.98 Å². The van der Waals surface area contributed by atoms with Crippen LogP contribution in [-0.4, -0.2) is 50.3 Å². The largest absolute Gasteiger partial charge is 0.480 e. The van der Waals surface area contributed by atoms with Gasteiger partial charge in [0.2, 0.25) is 5.88 Å². The molecule has 1 atom stereocenters. The maximum atomic E-state index is 6.24. The lowest BCUT2D eigenvalue weighted by Gasteiger charge is -2.25. The minimum atomic E-state index is -0.207. The molecule has 1 aliphatic rings. The summed E-state index contributed by atoms with van der Waals surface area (Å²) in [5.74, 6) is 0.905. The Morgan fingerprint density at radius 3 is 2.77 bits per heavy atom. The Morgan fingerprint density at radius 2 is 2.04 bits per heavy atom. The third kappa shape index (κ3) is 2.82. The Kier molecular flexibility index (Phi) is 4.56. The van der Waals surface area contributed by atoms with Gasteiger partial charge in [0, 0.05) is 12.8 Å². The fourth-order valence-electron chi connectivity index (χ4n) is 3.03. The summed E-state index contributed by atoms with van der Waals surface area (Å²) in [4.78, 5) is 21.5. The van der Waals surface area contributed by atoms with Gasteiger partial charge in [0.25, 0.3) is 0 Å². The zero-order valence-corrected chi connectivity index (χ0v) is 15.1. The molecule has 9 nitrogen and oxygen atoms in total. The number of hydrogen-bond acceptors (Lipinski definition) is 8. The van der Waals surface area contributed by atoms with Crippen molar-refractivity contribution in [2.24, 2.45) is 0 Å². The van der Waals surface area contributed by atoms with E-state index in [4.69, 9.17) is 25.8 Å². The number of rotatable bonds is 4. The first-order valence-corrected chi connectivity index (χ1v) is 8.56. The Hall–Kier alpha value is -2.52. The van der Waals surface area contributed by atoms with Crippen molar-refractivity contribution in [3.63, 3.8) is 0 Å². The molecule has 1 saturated heterocycles. The fraction of sp³-hybridized carbons (Fsp3) is 0.438. The van der Waals surface area contributed by atoms with Crippen LogP contribution in [0.1, 0.15) is 25.5 Å². The van der Waals surface area contributed by atoms with E-state index in [1.54, 1.807) is 6.20 Å². The minimum Gasteiger partial charge on any atom is -0.480 e. The van der Waals surface area contributed by atoms with Crippen LogP contribution in [0.25, 0.3) is 22.6 Å². The molecule has 0 saturated carbocycles. The summed E-state index contributed by atoms with van der Waals surface area (Å²) >= 11 is 6.24. The standard InChI is InChI=1S/C16H17ClN6O3/c1-24-15-9(7-18-16(22-15)25-2)13-21-11-12(17)19-8-20-14(11)23(13)10-5-3-4-6-26-10/h7-8,10H,3-6H2,1-2H3. The molecule has 0 aliphatic carbocycles.